The van der Waals surface area contributed by atoms with Crippen molar-refractivity contribution in [3.63, 3.8) is 0 Å². The Kier molecular flexibility index (Phi) is 8.20. The molecule has 0 aliphatic rings. The lowest BCUT2D eigenvalue weighted by Gasteiger charge is -2.08. The van der Waals surface area contributed by atoms with E-state index in [9.17, 15) is 4.79 Å². The molecule has 140 valence electrons. The Morgan fingerprint density at radius 2 is 1.41 bits per heavy atom. The molecule has 0 unspecified atom stereocenters. The summed E-state index contributed by atoms with van der Waals surface area (Å²) in [6, 6.07) is 14.3. The summed E-state index contributed by atoms with van der Waals surface area (Å²) in [7, 11) is 0. The average Bonchev–Trinajstić information content (AvgIpc) is 2.66. The first kappa shape index (κ1) is 21.9. The zero-order valence-electron chi connectivity index (χ0n) is 16.0. The van der Waals surface area contributed by atoms with Crippen LogP contribution in [0.15, 0.2) is 36.4 Å². The predicted octanol–water partition coefficient (Wildman–Crippen LogP) is 4.55. The van der Waals surface area contributed by atoms with Crippen LogP contribution in [0.25, 0.3) is 0 Å². The summed E-state index contributed by atoms with van der Waals surface area (Å²) in [6.07, 6.45) is 0. The van der Waals surface area contributed by atoms with Crippen LogP contribution in [0.4, 0.5) is 0 Å². The Hall–Kier alpha value is -3.15. The van der Waals surface area contributed by atoms with Crippen LogP contribution in [-0.2, 0) is 6.61 Å². The van der Waals surface area contributed by atoms with Crippen molar-refractivity contribution >= 4 is 5.97 Å². The van der Waals surface area contributed by atoms with Crippen molar-refractivity contribution in [2.45, 2.75) is 46.1 Å². The second-order valence-electron chi connectivity index (χ2n) is 6.72. The highest BCUT2D eigenvalue weighted by atomic mass is 16.4. The van der Waals surface area contributed by atoms with Gasteiger partial charge in [0.15, 0.2) is 0 Å². The van der Waals surface area contributed by atoms with Crippen molar-refractivity contribution < 1.29 is 15.0 Å². The minimum Gasteiger partial charge on any atom is -0.478 e. The van der Waals surface area contributed by atoms with E-state index in [1.807, 2.05) is 32.0 Å². The van der Waals surface area contributed by atoms with Gasteiger partial charge < -0.3 is 10.2 Å². The van der Waals surface area contributed by atoms with Crippen LogP contribution in [0.2, 0.25) is 0 Å². The number of benzene rings is 2. The highest BCUT2D eigenvalue weighted by Crippen LogP contribution is 2.21. The number of carboxylic acids is 1. The fraction of sp³-hybridized carbons (Fsp3) is 0.318. The molecule has 0 aliphatic heterocycles. The second kappa shape index (κ2) is 10.1. The maximum atomic E-state index is 10.6. The summed E-state index contributed by atoms with van der Waals surface area (Å²) in [4.78, 5) is 10.6. The van der Waals surface area contributed by atoms with Crippen LogP contribution >= 0.6 is 0 Å². The Bertz CT molecular complexity index is 887. The van der Waals surface area contributed by atoms with Gasteiger partial charge in [0.05, 0.1) is 35.4 Å². The van der Waals surface area contributed by atoms with Crippen LogP contribution in [0.3, 0.4) is 0 Å². The van der Waals surface area contributed by atoms with Gasteiger partial charge >= 0.3 is 5.97 Å². The van der Waals surface area contributed by atoms with E-state index >= 15 is 0 Å². The fourth-order valence-electron chi connectivity index (χ4n) is 2.59. The van der Waals surface area contributed by atoms with Gasteiger partial charge in [0.25, 0.3) is 0 Å². The van der Waals surface area contributed by atoms with Gasteiger partial charge in [0, 0.05) is 0 Å². The van der Waals surface area contributed by atoms with E-state index in [0.717, 1.165) is 16.7 Å². The number of carboxylic acid groups (broad SMARTS) is 1. The standard InChI is InChI=1S/C11H11NO2.C11H13NO/c1-7(2)10-4-3-8(11(13)14)5-9(10)6-12;1-8(2)11-4-3-9(7-13)5-10(11)6-12/h3-5,7H,1-2H3,(H,13,14);3-5,8,13H,7H2,1-2H3. The zero-order valence-corrected chi connectivity index (χ0v) is 16.0. The Balaban J connectivity index is 0.000000271. The van der Waals surface area contributed by atoms with Gasteiger partial charge in [-0.15, -0.1) is 0 Å². The highest BCUT2D eigenvalue weighted by molar-refractivity contribution is 5.88. The van der Waals surface area contributed by atoms with Gasteiger partial charge in [-0.05, 0) is 46.7 Å². The summed E-state index contributed by atoms with van der Waals surface area (Å²) in [5, 5.41) is 35.3. The molecular formula is C22H24N2O3. The monoisotopic (exact) mass is 364 g/mol. The number of aliphatic hydroxyl groups is 1. The third kappa shape index (κ3) is 5.95. The summed E-state index contributed by atoms with van der Waals surface area (Å²) in [5.41, 5.74) is 3.99. The Morgan fingerprint density at radius 1 is 0.926 bits per heavy atom. The van der Waals surface area contributed by atoms with Crippen molar-refractivity contribution in [2.24, 2.45) is 0 Å². The molecule has 5 heteroatoms. The van der Waals surface area contributed by atoms with Crippen LogP contribution in [-0.4, -0.2) is 16.2 Å². The van der Waals surface area contributed by atoms with Crippen LogP contribution in [0.1, 0.15) is 77.7 Å². The Morgan fingerprint density at radius 3 is 1.81 bits per heavy atom. The molecule has 2 rings (SSSR count). The number of nitrogens with zero attached hydrogens (tertiary/aromatic N) is 2. The largest absolute Gasteiger partial charge is 0.478 e. The SMILES string of the molecule is CC(C)c1ccc(C(=O)O)cc1C#N.CC(C)c1ccc(CO)cc1C#N. The van der Waals surface area contributed by atoms with Crippen molar-refractivity contribution in [3.8, 4) is 12.1 Å². The first-order valence-electron chi connectivity index (χ1n) is 8.66. The number of aliphatic hydroxyl groups excluding tert-OH is 1. The molecule has 0 atom stereocenters. The van der Waals surface area contributed by atoms with E-state index in [1.165, 1.54) is 12.1 Å². The molecule has 0 spiro atoms. The molecule has 2 N–H and O–H groups in total. The lowest BCUT2D eigenvalue weighted by atomic mass is 9.96. The van der Waals surface area contributed by atoms with Crippen molar-refractivity contribution in [1.29, 1.82) is 10.5 Å². The average molecular weight is 364 g/mol. The fourth-order valence-corrected chi connectivity index (χ4v) is 2.59. The molecular weight excluding hydrogens is 340 g/mol. The van der Waals surface area contributed by atoms with Gasteiger partial charge in [0.2, 0.25) is 0 Å². The van der Waals surface area contributed by atoms with Crippen LogP contribution < -0.4 is 0 Å². The van der Waals surface area contributed by atoms with Crippen LogP contribution in [0.5, 0.6) is 0 Å². The maximum absolute atomic E-state index is 10.6. The van der Waals surface area contributed by atoms with E-state index in [0.29, 0.717) is 17.0 Å². The number of hydrogen-bond acceptors (Lipinski definition) is 4. The molecule has 0 aromatic heterocycles. The minimum absolute atomic E-state index is 0.00689. The summed E-state index contributed by atoms with van der Waals surface area (Å²) in [5.74, 6) is -0.424. The topological polar surface area (TPSA) is 105 Å². The van der Waals surface area contributed by atoms with E-state index < -0.39 is 5.97 Å². The lowest BCUT2D eigenvalue weighted by Crippen LogP contribution is -2.00. The molecule has 0 saturated heterocycles. The van der Waals surface area contributed by atoms with Crippen molar-refractivity contribution in [3.05, 3.63) is 69.8 Å². The van der Waals surface area contributed by atoms with Gasteiger partial charge in [-0.3, -0.25) is 0 Å². The van der Waals surface area contributed by atoms with Gasteiger partial charge in [-0.25, -0.2) is 4.79 Å². The number of rotatable bonds is 4. The molecule has 0 saturated carbocycles. The smallest absolute Gasteiger partial charge is 0.335 e. The zero-order chi connectivity index (χ0) is 20.6. The van der Waals surface area contributed by atoms with Crippen molar-refractivity contribution in [2.75, 3.05) is 0 Å². The van der Waals surface area contributed by atoms with E-state index in [1.54, 1.807) is 12.1 Å². The first-order valence-corrected chi connectivity index (χ1v) is 8.66. The predicted molar refractivity (Wildman–Crippen MR) is 103 cm³/mol. The van der Waals surface area contributed by atoms with E-state index in [4.69, 9.17) is 20.7 Å². The summed E-state index contributed by atoms with van der Waals surface area (Å²) < 4.78 is 0. The lowest BCUT2D eigenvalue weighted by molar-refractivity contribution is 0.0697. The third-order valence-corrected chi connectivity index (χ3v) is 4.09. The molecule has 0 aliphatic carbocycles. The first-order chi connectivity index (χ1) is 12.7. The van der Waals surface area contributed by atoms with Gasteiger partial charge in [-0.1, -0.05) is 45.9 Å². The molecule has 0 bridgehead atoms. The number of carbonyl (C=O) groups is 1. The summed E-state index contributed by atoms with van der Waals surface area (Å²) >= 11 is 0. The normalized spacial score (nSPS) is 9.96. The number of aromatic carboxylic acids is 1. The molecule has 0 heterocycles. The molecule has 2 aromatic rings. The molecule has 0 radical (unpaired) electrons. The highest BCUT2D eigenvalue weighted by Gasteiger charge is 2.10. The Labute approximate surface area is 160 Å². The molecule has 0 amide bonds. The van der Waals surface area contributed by atoms with Crippen LogP contribution in [0, 0.1) is 22.7 Å². The van der Waals surface area contributed by atoms with E-state index in [2.05, 4.69) is 19.9 Å². The third-order valence-electron chi connectivity index (χ3n) is 4.09. The van der Waals surface area contributed by atoms with Gasteiger partial charge in [0.1, 0.15) is 0 Å². The van der Waals surface area contributed by atoms with E-state index in [-0.39, 0.29) is 18.1 Å². The molecule has 0 fully saturated rings. The summed E-state index contributed by atoms with van der Waals surface area (Å²) in [6.45, 7) is 8.03. The second-order valence-corrected chi connectivity index (χ2v) is 6.72. The maximum Gasteiger partial charge on any atom is 0.335 e. The number of nitriles is 2. The number of hydrogen-bond donors (Lipinski definition) is 2. The molecule has 2 aromatic carbocycles. The molecule has 27 heavy (non-hydrogen) atoms. The minimum atomic E-state index is -1.00. The van der Waals surface area contributed by atoms with Gasteiger partial charge in [-0.2, -0.15) is 10.5 Å². The van der Waals surface area contributed by atoms with Crippen molar-refractivity contribution in [1.82, 2.24) is 0 Å². The quantitative estimate of drug-likeness (QED) is 0.827. The molecule has 5 nitrogen and oxygen atoms in total.